The van der Waals surface area contributed by atoms with Crippen LogP contribution < -0.4 is 5.56 Å². The summed E-state index contributed by atoms with van der Waals surface area (Å²) in [7, 11) is -3.07. The molecule has 1 amide bonds. The molecule has 2 fully saturated rings. The molecule has 2 aliphatic rings. The first kappa shape index (κ1) is 17.7. The second kappa shape index (κ2) is 6.45. The summed E-state index contributed by atoms with van der Waals surface area (Å²) in [4.78, 5) is 31.5. The van der Waals surface area contributed by atoms with Crippen LogP contribution in [-0.4, -0.2) is 52.4 Å². The van der Waals surface area contributed by atoms with Crippen molar-refractivity contribution in [2.45, 2.75) is 37.9 Å². The highest BCUT2D eigenvalue weighted by Crippen LogP contribution is 2.32. The highest BCUT2D eigenvalue weighted by Gasteiger charge is 2.42. The van der Waals surface area contributed by atoms with E-state index >= 15 is 0 Å². The van der Waals surface area contributed by atoms with Crippen molar-refractivity contribution in [2.24, 2.45) is 0 Å². The molecule has 7 nitrogen and oxygen atoms in total. The minimum Gasteiger partial charge on any atom is -0.334 e. The first-order valence-electron chi connectivity index (χ1n) is 8.50. The number of aromatic nitrogens is 2. The third-order valence-corrected chi connectivity index (χ3v) is 7.17. The monoisotopic (exact) mass is 439 g/mol. The van der Waals surface area contributed by atoms with Gasteiger partial charge < -0.3 is 4.90 Å². The van der Waals surface area contributed by atoms with E-state index in [9.17, 15) is 18.0 Å². The summed E-state index contributed by atoms with van der Waals surface area (Å²) in [5.41, 5.74) is 0.294. The summed E-state index contributed by atoms with van der Waals surface area (Å²) in [5, 5.41) is 0.441. The van der Waals surface area contributed by atoms with Crippen molar-refractivity contribution >= 4 is 42.6 Å². The van der Waals surface area contributed by atoms with Gasteiger partial charge in [0.2, 0.25) is 5.91 Å². The van der Waals surface area contributed by atoms with E-state index in [1.54, 1.807) is 23.1 Å². The molecule has 1 unspecified atom stereocenters. The average Bonchev–Trinajstić information content (AvgIpc) is 3.34. The summed E-state index contributed by atoms with van der Waals surface area (Å²) < 4.78 is 25.7. The number of fused-ring (bicyclic) bond motifs is 1. The number of carbonyl (C=O) groups excluding carboxylic acids is 1. The van der Waals surface area contributed by atoms with Crippen LogP contribution in [0, 0.1) is 0 Å². The molecule has 26 heavy (non-hydrogen) atoms. The Morgan fingerprint density at radius 1 is 1.27 bits per heavy atom. The fourth-order valence-corrected chi connectivity index (χ4v) is 5.60. The Bertz CT molecular complexity index is 1050. The molecule has 0 radical (unpaired) electrons. The van der Waals surface area contributed by atoms with E-state index < -0.39 is 9.84 Å². The molecule has 1 aromatic heterocycles. The van der Waals surface area contributed by atoms with Crippen molar-refractivity contribution in [3.8, 4) is 0 Å². The van der Waals surface area contributed by atoms with Crippen LogP contribution in [0.3, 0.4) is 0 Å². The van der Waals surface area contributed by atoms with Gasteiger partial charge in [-0.2, -0.15) is 0 Å². The minimum atomic E-state index is -3.07. The average molecular weight is 440 g/mol. The van der Waals surface area contributed by atoms with E-state index in [0.29, 0.717) is 17.3 Å². The molecule has 0 spiro atoms. The number of carbonyl (C=O) groups is 1. The second-order valence-corrected chi connectivity index (χ2v) is 10.1. The van der Waals surface area contributed by atoms with Crippen LogP contribution >= 0.6 is 15.9 Å². The van der Waals surface area contributed by atoms with E-state index in [1.807, 2.05) is 0 Å². The van der Waals surface area contributed by atoms with Crippen LogP contribution in [0.4, 0.5) is 0 Å². The Balaban J connectivity index is 1.61. The minimum absolute atomic E-state index is 0.0209. The number of hydrogen-bond donors (Lipinski definition) is 0. The zero-order chi connectivity index (χ0) is 18.5. The van der Waals surface area contributed by atoms with Gasteiger partial charge in [0.15, 0.2) is 9.84 Å². The second-order valence-electron chi connectivity index (χ2n) is 6.93. The van der Waals surface area contributed by atoms with E-state index in [4.69, 9.17) is 0 Å². The topological polar surface area (TPSA) is 89.3 Å². The lowest BCUT2D eigenvalue weighted by molar-refractivity contribution is -0.134. The summed E-state index contributed by atoms with van der Waals surface area (Å²) >= 11 is 3.34. The van der Waals surface area contributed by atoms with Gasteiger partial charge in [-0.25, -0.2) is 13.4 Å². The summed E-state index contributed by atoms with van der Waals surface area (Å²) in [5.74, 6) is -0.0694. The quantitative estimate of drug-likeness (QED) is 0.716. The number of nitrogens with zero attached hydrogens (tertiary/aromatic N) is 3. The molecule has 2 aromatic rings. The standard InChI is InChI=1S/C17H18BrN3O4S/c18-11-1-4-15-14(7-11)17(23)20(10-19-15)8-16(22)21(12-2-3-12)13-5-6-26(24,25)9-13/h1,4,7,10,12-13H,2-3,5-6,8-9H2. The number of rotatable bonds is 4. The van der Waals surface area contributed by atoms with Crippen molar-refractivity contribution in [2.75, 3.05) is 11.5 Å². The van der Waals surface area contributed by atoms with Crippen molar-refractivity contribution in [1.82, 2.24) is 14.5 Å². The predicted octanol–water partition coefficient (Wildman–Crippen LogP) is 1.34. The lowest BCUT2D eigenvalue weighted by atomic mass is 10.2. The Kier molecular flexibility index (Phi) is 4.38. The van der Waals surface area contributed by atoms with Gasteiger partial charge in [0.25, 0.3) is 5.56 Å². The van der Waals surface area contributed by atoms with E-state index in [0.717, 1.165) is 17.3 Å². The van der Waals surface area contributed by atoms with Gasteiger partial charge >= 0.3 is 0 Å². The Morgan fingerprint density at radius 2 is 2.04 bits per heavy atom. The molecule has 1 aliphatic carbocycles. The SMILES string of the molecule is O=C(Cn1cnc2ccc(Br)cc2c1=O)N(C1CC1)C1CCS(=O)(=O)C1. The molecule has 1 aliphatic heterocycles. The lowest BCUT2D eigenvalue weighted by Gasteiger charge is -2.28. The first-order valence-corrected chi connectivity index (χ1v) is 11.1. The molecule has 138 valence electrons. The van der Waals surface area contributed by atoms with Gasteiger partial charge in [-0.15, -0.1) is 0 Å². The van der Waals surface area contributed by atoms with Crippen LogP contribution in [0.2, 0.25) is 0 Å². The molecule has 1 saturated heterocycles. The Labute approximate surface area is 159 Å². The van der Waals surface area contributed by atoms with Crippen molar-refractivity contribution in [1.29, 1.82) is 0 Å². The summed E-state index contributed by atoms with van der Waals surface area (Å²) in [6, 6.07) is 5.05. The molecule has 1 aromatic carbocycles. The predicted molar refractivity (Wildman–Crippen MR) is 101 cm³/mol. The molecular formula is C17H18BrN3O4S. The molecule has 1 atom stereocenters. The molecule has 0 N–H and O–H groups in total. The van der Waals surface area contributed by atoms with Crippen LogP contribution in [-0.2, 0) is 21.2 Å². The third kappa shape index (κ3) is 3.42. The molecule has 0 bridgehead atoms. The maximum atomic E-state index is 12.9. The Hall–Kier alpha value is -1.74. The largest absolute Gasteiger partial charge is 0.334 e. The van der Waals surface area contributed by atoms with Gasteiger partial charge in [-0.05, 0) is 37.5 Å². The fraction of sp³-hybridized carbons (Fsp3) is 0.471. The first-order chi connectivity index (χ1) is 12.3. The molecule has 2 heterocycles. The zero-order valence-electron chi connectivity index (χ0n) is 14.0. The van der Waals surface area contributed by atoms with Crippen LogP contribution in [0.15, 0.2) is 33.8 Å². The smallest absolute Gasteiger partial charge is 0.261 e. The van der Waals surface area contributed by atoms with Gasteiger partial charge in [0.1, 0.15) is 6.54 Å². The maximum absolute atomic E-state index is 12.9. The van der Waals surface area contributed by atoms with Crippen molar-refractivity contribution < 1.29 is 13.2 Å². The van der Waals surface area contributed by atoms with Crippen molar-refractivity contribution in [3.63, 3.8) is 0 Å². The number of halogens is 1. The highest BCUT2D eigenvalue weighted by atomic mass is 79.9. The van der Waals surface area contributed by atoms with E-state index in [-0.39, 0.29) is 41.6 Å². The molecule has 4 rings (SSSR count). The van der Waals surface area contributed by atoms with E-state index in [1.165, 1.54) is 10.9 Å². The lowest BCUT2D eigenvalue weighted by Crippen LogP contribution is -2.45. The highest BCUT2D eigenvalue weighted by molar-refractivity contribution is 9.10. The third-order valence-electron chi connectivity index (χ3n) is 4.92. The number of amides is 1. The number of sulfone groups is 1. The number of benzene rings is 1. The van der Waals surface area contributed by atoms with Gasteiger partial charge in [0, 0.05) is 16.6 Å². The van der Waals surface area contributed by atoms with Gasteiger partial charge in [-0.3, -0.25) is 14.2 Å². The van der Waals surface area contributed by atoms with Crippen LogP contribution in [0.1, 0.15) is 19.3 Å². The van der Waals surface area contributed by atoms with Crippen LogP contribution in [0.25, 0.3) is 10.9 Å². The Morgan fingerprint density at radius 3 is 2.69 bits per heavy atom. The normalized spacial score (nSPS) is 21.8. The summed E-state index contributed by atoms with van der Waals surface area (Å²) in [6.07, 6.45) is 3.63. The van der Waals surface area contributed by atoms with Gasteiger partial charge in [-0.1, -0.05) is 15.9 Å². The van der Waals surface area contributed by atoms with Gasteiger partial charge in [0.05, 0.1) is 28.7 Å². The number of hydrogen-bond acceptors (Lipinski definition) is 5. The fourth-order valence-electron chi connectivity index (χ4n) is 3.52. The maximum Gasteiger partial charge on any atom is 0.261 e. The van der Waals surface area contributed by atoms with E-state index in [2.05, 4.69) is 20.9 Å². The zero-order valence-corrected chi connectivity index (χ0v) is 16.4. The molecule has 9 heteroatoms. The summed E-state index contributed by atoms with van der Waals surface area (Å²) in [6.45, 7) is -0.124. The molecule has 1 saturated carbocycles. The molecular weight excluding hydrogens is 422 g/mol. The van der Waals surface area contributed by atoms with Crippen molar-refractivity contribution in [3.05, 3.63) is 39.4 Å². The van der Waals surface area contributed by atoms with Crippen LogP contribution in [0.5, 0.6) is 0 Å².